The van der Waals surface area contributed by atoms with Crippen molar-refractivity contribution in [1.82, 2.24) is 4.90 Å². The number of hydrogen-bond acceptors (Lipinski definition) is 5. The third-order valence-corrected chi connectivity index (χ3v) is 6.82. The molecule has 3 aromatic carbocycles. The van der Waals surface area contributed by atoms with Crippen LogP contribution in [0.5, 0.6) is 0 Å². The number of morpholine rings is 1. The van der Waals surface area contributed by atoms with Crippen molar-refractivity contribution < 1.29 is 27.4 Å². The summed E-state index contributed by atoms with van der Waals surface area (Å²) in [7, 11) is -3.89. The number of amides is 1. The number of ether oxygens (including phenoxy) is 1. The maximum absolute atomic E-state index is 13.1. The van der Waals surface area contributed by atoms with Crippen LogP contribution in [0, 0.1) is 5.82 Å². The second kappa shape index (κ2) is 9.70. The van der Waals surface area contributed by atoms with Crippen LogP contribution in [0.3, 0.4) is 0 Å². The third kappa shape index (κ3) is 5.39. The fourth-order valence-electron chi connectivity index (χ4n) is 3.67. The standard InChI is InChI=1S/C24H23FN2O5S/c25-19-8-12-21(13-9-19)33(30,31)26-20-10-6-18(7-11-20)24(29)22-15-32-16-23(28)27(22)14-17-4-2-1-3-5-17/h1-13,22,24,26,29H,14-16H2/t22-,24-/m1/s1. The quantitative estimate of drug-likeness (QED) is 0.553. The van der Waals surface area contributed by atoms with Gasteiger partial charge in [0, 0.05) is 12.2 Å². The number of carbonyl (C=O) groups excluding carboxylic acids is 1. The number of aliphatic hydroxyl groups excluding tert-OH is 1. The zero-order chi connectivity index (χ0) is 23.4. The van der Waals surface area contributed by atoms with Gasteiger partial charge in [-0.3, -0.25) is 9.52 Å². The molecule has 1 saturated heterocycles. The molecule has 0 aliphatic carbocycles. The van der Waals surface area contributed by atoms with E-state index in [4.69, 9.17) is 4.74 Å². The third-order valence-electron chi connectivity index (χ3n) is 5.42. The number of anilines is 1. The van der Waals surface area contributed by atoms with Crippen LogP contribution in [-0.4, -0.2) is 43.6 Å². The molecule has 1 aliphatic heterocycles. The number of aliphatic hydroxyl groups is 1. The Morgan fingerprint density at radius 1 is 1.03 bits per heavy atom. The summed E-state index contributed by atoms with van der Waals surface area (Å²) < 4.78 is 45.9. The fraction of sp³-hybridized carbons (Fsp3) is 0.208. The van der Waals surface area contributed by atoms with Crippen molar-refractivity contribution in [2.45, 2.75) is 23.6 Å². The highest BCUT2D eigenvalue weighted by Gasteiger charge is 2.34. The molecule has 4 rings (SSSR count). The Bertz CT molecular complexity index is 1200. The van der Waals surface area contributed by atoms with Crippen LogP contribution in [0.15, 0.2) is 83.8 Å². The highest BCUT2D eigenvalue weighted by Crippen LogP contribution is 2.27. The lowest BCUT2D eigenvalue weighted by Crippen LogP contribution is -2.51. The van der Waals surface area contributed by atoms with E-state index in [1.54, 1.807) is 17.0 Å². The van der Waals surface area contributed by atoms with Gasteiger partial charge in [-0.2, -0.15) is 0 Å². The number of halogens is 1. The normalized spacial score (nSPS) is 17.6. The van der Waals surface area contributed by atoms with Gasteiger partial charge < -0.3 is 14.7 Å². The first-order valence-electron chi connectivity index (χ1n) is 10.3. The van der Waals surface area contributed by atoms with Crippen LogP contribution in [0.25, 0.3) is 0 Å². The molecule has 0 unspecified atom stereocenters. The van der Waals surface area contributed by atoms with E-state index < -0.39 is 28.0 Å². The van der Waals surface area contributed by atoms with Crippen molar-refractivity contribution in [2.75, 3.05) is 17.9 Å². The van der Waals surface area contributed by atoms with E-state index in [1.807, 2.05) is 30.3 Å². The molecule has 2 N–H and O–H groups in total. The molecular formula is C24H23FN2O5S. The predicted octanol–water partition coefficient (Wildman–Crippen LogP) is 3.09. The molecule has 0 aromatic heterocycles. The van der Waals surface area contributed by atoms with Crippen LogP contribution >= 0.6 is 0 Å². The molecule has 9 heteroatoms. The van der Waals surface area contributed by atoms with E-state index in [9.17, 15) is 22.7 Å². The summed E-state index contributed by atoms with van der Waals surface area (Å²) in [5.41, 5.74) is 1.74. The fourth-order valence-corrected chi connectivity index (χ4v) is 4.73. The Balaban J connectivity index is 1.49. The number of nitrogens with one attached hydrogen (secondary N) is 1. The Morgan fingerprint density at radius 3 is 2.36 bits per heavy atom. The highest BCUT2D eigenvalue weighted by atomic mass is 32.2. The number of sulfonamides is 1. The molecule has 0 radical (unpaired) electrons. The van der Waals surface area contributed by atoms with Crippen molar-refractivity contribution in [2.24, 2.45) is 0 Å². The van der Waals surface area contributed by atoms with Crippen molar-refractivity contribution in [1.29, 1.82) is 0 Å². The summed E-state index contributed by atoms with van der Waals surface area (Å²) in [6.45, 7) is 0.485. The van der Waals surface area contributed by atoms with E-state index in [1.165, 1.54) is 24.3 Å². The van der Waals surface area contributed by atoms with Crippen LogP contribution in [0.1, 0.15) is 17.2 Å². The first kappa shape index (κ1) is 22.9. The molecule has 0 spiro atoms. The lowest BCUT2D eigenvalue weighted by atomic mass is 9.99. The first-order chi connectivity index (χ1) is 15.8. The second-order valence-corrected chi connectivity index (χ2v) is 9.40. The average Bonchev–Trinajstić information content (AvgIpc) is 2.81. The van der Waals surface area contributed by atoms with E-state index in [0.29, 0.717) is 12.1 Å². The van der Waals surface area contributed by atoms with Crippen molar-refractivity contribution in [3.05, 3.63) is 95.8 Å². The minimum atomic E-state index is -3.89. The average molecular weight is 471 g/mol. The zero-order valence-electron chi connectivity index (χ0n) is 17.6. The monoisotopic (exact) mass is 470 g/mol. The number of hydrogen-bond donors (Lipinski definition) is 2. The van der Waals surface area contributed by atoms with Crippen molar-refractivity contribution in [3.8, 4) is 0 Å². The summed E-state index contributed by atoms with van der Waals surface area (Å²) in [5, 5.41) is 11.0. The summed E-state index contributed by atoms with van der Waals surface area (Å²) in [4.78, 5) is 14.0. The summed E-state index contributed by atoms with van der Waals surface area (Å²) in [6.07, 6.45) is -1.03. The predicted molar refractivity (Wildman–Crippen MR) is 120 cm³/mol. The molecule has 2 atom stereocenters. The maximum Gasteiger partial charge on any atom is 0.261 e. The molecule has 33 heavy (non-hydrogen) atoms. The number of carbonyl (C=O) groups is 1. The minimum absolute atomic E-state index is 0.0415. The SMILES string of the molecule is O=C1COC[C@H]([C@H](O)c2ccc(NS(=O)(=O)c3ccc(F)cc3)cc2)N1Cc1ccccc1. The molecule has 0 bridgehead atoms. The summed E-state index contributed by atoms with van der Waals surface area (Å²) in [6, 6.07) is 19.6. The van der Waals surface area contributed by atoms with Crippen molar-refractivity contribution >= 4 is 21.6 Å². The van der Waals surface area contributed by atoms with Gasteiger partial charge in [0.2, 0.25) is 5.91 Å². The highest BCUT2D eigenvalue weighted by molar-refractivity contribution is 7.92. The van der Waals surface area contributed by atoms with E-state index >= 15 is 0 Å². The smallest absolute Gasteiger partial charge is 0.261 e. The molecule has 0 saturated carbocycles. The topological polar surface area (TPSA) is 95.9 Å². The van der Waals surface area contributed by atoms with Gasteiger partial charge in [0.1, 0.15) is 18.5 Å². The minimum Gasteiger partial charge on any atom is -0.386 e. The Morgan fingerprint density at radius 2 is 1.70 bits per heavy atom. The molecule has 7 nitrogen and oxygen atoms in total. The van der Waals surface area contributed by atoms with Crippen LogP contribution in [0.4, 0.5) is 10.1 Å². The summed E-state index contributed by atoms with van der Waals surface area (Å²) >= 11 is 0. The Hall–Kier alpha value is -3.27. The van der Waals surface area contributed by atoms with Gasteiger partial charge in [-0.05, 0) is 47.5 Å². The van der Waals surface area contributed by atoms with Gasteiger partial charge in [0.05, 0.1) is 17.5 Å². The van der Waals surface area contributed by atoms with Crippen LogP contribution in [0.2, 0.25) is 0 Å². The van der Waals surface area contributed by atoms with Gasteiger partial charge >= 0.3 is 0 Å². The number of benzene rings is 3. The van der Waals surface area contributed by atoms with Gasteiger partial charge in [0.15, 0.2) is 0 Å². The second-order valence-electron chi connectivity index (χ2n) is 7.72. The molecule has 1 aliphatic rings. The maximum atomic E-state index is 13.1. The van der Waals surface area contributed by atoms with Crippen LogP contribution < -0.4 is 4.72 Å². The van der Waals surface area contributed by atoms with E-state index in [-0.39, 0.29) is 29.7 Å². The molecule has 1 heterocycles. The number of rotatable bonds is 7. The van der Waals surface area contributed by atoms with Gasteiger partial charge in [-0.15, -0.1) is 0 Å². The number of nitrogens with zero attached hydrogens (tertiary/aromatic N) is 1. The molecule has 3 aromatic rings. The molecule has 1 amide bonds. The Kier molecular flexibility index (Phi) is 6.73. The molecule has 172 valence electrons. The Labute approximate surface area is 191 Å². The lowest BCUT2D eigenvalue weighted by Gasteiger charge is -2.38. The molecular weight excluding hydrogens is 447 g/mol. The molecule has 1 fully saturated rings. The van der Waals surface area contributed by atoms with E-state index in [2.05, 4.69) is 4.72 Å². The summed E-state index contributed by atoms with van der Waals surface area (Å²) in [5.74, 6) is -0.739. The zero-order valence-corrected chi connectivity index (χ0v) is 18.4. The van der Waals surface area contributed by atoms with Crippen molar-refractivity contribution in [3.63, 3.8) is 0 Å². The van der Waals surface area contributed by atoms with Crippen LogP contribution in [-0.2, 0) is 26.1 Å². The first-order valence-corrected chi connectivity index (χ1v) is 11.8. The van der Waals surface area contributed by atoms with Gasteiger partial charge in [0.25, 0.3) is 10.0 Å². The largest absolute Gasteiger partial charge is 0.386 e. The van der Waals surface area contributed by atoms with Gasteiger partial charge in [-0.25, -0.2) is 12.8 Å². The van der Waals surface area contributed by atoms with E-state index in [0.717, 1.165) is 17.7 Å². The lowest BCUT2D eigenvalue weighted by molar-refractivity contribution is -0.155. The van der Waals surface area contributed by atoms with Gasteiger partial charge in [-0.1, -0.05) is 42.5 Å².